The molecule has 1 aromatic carbocycles. The average Bonchev–Trinajstić information content (AvgIpc) is 2.38. The van der Waals surface area contributed by atoms with Crippen LogP contribution in [0.25, 0.3) is 0 Å². The summed E-state index contributed by atoms with van der Waals surface area (Å²) in [7, 11) is -3.50. The van der Waals surface area contributed by atoms with E-state index in [2.05, 4.69) is 0 Å². The van der Waals surface area contributed by atoms with Gasteiger partial charge in [-0.1, -0.05) is 13.8 Å². The summed E-state index contributed by atoms with van der Waals surface area (Å²) in [6, 6.07) is 5.61. The standard InChI is InChI=1S/C12H17NO5S/c1-3-13(4-2)19(16,17)11-7-5-10(6-8-11)18-9-12(14)15/h5-8H,3-4,9H2,1-2H3,(H,14,15)/p-1. The third-order valence-electron chi connectivity index (χ3n) is 2.52. The molecule has 6 nitrogen and oxygen atoms in total. The van der Waals surface area contributed by atoms with Gasteiger partial charge in [-0.25, -0.2) is 8.42 Å². The fourth-order valence-electron chi connectivity index (χ4n) is 1.56. The number of carbonyl (C=O) groups is 1. The zero-order valence-electron chi connectivity index (χ0n) is 10.8. The summed E-state index contributed by atoms with van der Waals surface area (Å²) >= 11 is 0. The van der Waals surface area contributed by atoms with Gasteiger partial charge in [0.15, 0.2) is 0 Å². The van der Waals surface area contributed by atoms with Gasteiger partial charge in [-0.15, -0.1) is 0 Å². The van der Waals surface area contributed by atoms with Crippen LogP contribution in [0.5, 0.6) is 5.75 Å². The van der Waals surface area contributed by atoms with Crippen LogP contribution in [-0.4, -0.2) is 38.4 Å². The fraction of sp³-hybridized carbons (Fsp3) is 0.417. The fourth-order valence-corrected chi connectivity index (χ4v) is 3.02. The van der Waals surface area contributed by atoms with Crippen LogP contribution in [0.2, 0.25) is 0 Å². The van der Waals surface area contributed by atoms with Gasteiger partial charge < -0.3 is 14.6 Å². The van der Waals surface area contributed by atoms with Gasteiger partial charge in [0.25, 0.3) is 0 Å². The minimum Gasteiger partial charge on any atom is -0.546 e. The van der Waals surface area contributed by atoms with Crippen molar-refractivity contribution in [2.75, 3.05) is 19.7 Å². The molecule has 0 aliphatic heterocycles. The first kappa shape index (κ1) is 15.5. The van der Waals surface area contributed by atoms with Crippen molar-refractivity contribution in [3.63, 3.8) is 0 Å². The zero-order valence-corrected chi connectivity index (χ0v) is 11.6. The molecular formula is C12H16NO5S-. The van der Waals surface area contributed by atoms with Crippen LogP contribution in [0.4, 0.5) is 0 Å². The molecule has 106 valence electrons. The molecule has 0 bridgehead atoms. The first-order chi connectivity index (χ1) is 8.91. The number of hydrogen-bond acceptors (Lipinski definition) is 5. The highest BCUT2D eigenvalue weighted by molar-refractivity contribution is 7.89. The summed E-state index contributed by atoms with van der Waals surface area (Å²) in [4.78, 5) is 10.4. The van der Waals surface area contributed by atoms with Crippen LogP contribution in [0.3, 0.4) is 0 Å². The quantitative estimate of drug-likeness (QED) is 0.695. The van der Waals surface area contributed by atoms with Gasteiger partial charge in [-0.05, 0) is 24.3 Å². The van der Waals surface area contributed by atoms with E-state index in [1.807, 2.05) is 0 Å². The maximum Gasteiger partial charge on any atom is 0.243 e. The van der Waals surface area contributed by atoms with E-state index >= 15 is 0 Å². The summed E-state index contributed by atoms with van der Waals surface area (Å²) in [6.07, 6.45) is 0. The van der Waals surface area contributed by atoms with Gasteiger partial charge in [-0.2, -0.15) is 4.31 Å². The Morgan fingerprint density at radius 2 is 1.74 bits per heavy atom. The second-order valence-corrected chi connectivity index (χ2v) is 5.66. The SMILES string of the molecule is CCN(CC)S(=O)(=O)c1ccc(OCC(=O)[O-])cc1. The number of carboxylic acids is 1. The van der Waals surface area contributed by atoms with E-state index in [9.17, 15) is 18.3 Å². The highest BCUT2D eigenvalue weighted by atomic mass is 32.2. The maximum absolute atomic E-state index is 12.2. The second-order valence-electron chi connectivity index (χ2n) is 3.72. The summed E-state index contributed by atoms with van der Waals surface area (Å²) < 4.78 is 30.5. The van der Waals surface area contributed by atoms with Crippen molar-refractivity contribution in [1.82, 2.24) is 4.31 Å². The van der Waals surface area contributed by atoms with Crippen molar-refractivity contribution in [3.05, 3.63) is 24.3 Å². The number of sulfonamides is 1. The van der Waals surface area contributed by atoms with E-state index < -0.39 is 22.6 Å². The molecule has 0 aliphatic carbocycles. The summed E-state index contributed by atoms with van der Waals surface area (Å²) in [5, 5.41) is 10.2. The largest absolute Gasteiger partial charge is 0.546 e. The Labute approximate surface area is 112 Å². The molecule has 0 heterocycles. The summed E-state index contributed by atoms with van der Waals surface area (Å²) in [6.45, 7) is 3.74. The molecule has 0 fully saturated rings. The topological polar surface area (TPSA) is 86.7 Å². The van der Waals surface area contributed by atoms with Crippen LogP contribution in [-0.2, 0) is 14.8 Å². The average molecular weight is 286 g/mol. The number of rotatable bonds is 7. The number of carbonyl (C=O) groups excluding carboxylic acids is 1. The second kappa shape index (κ2) is 6.53. The molecule has 0 aromatic heterocycles. The van der Waals surface area contributed by atoms with Crippen molar-refractivity contribution in [2.45, 2.75) is 18.7 Å². The Hall–Kier alpha value is -1.60. The lowest BCUT2D eigenvalue weighted by molar-refractivity contribution is -0.307. The van der Waals surface area contributed by atoms with Crippen molar-refractivity contribution in [3.8, 4) is 5.75 Å². The molecule has 1 rings (SSSR count). The van der Waals surface area contributed by atoms with Gasteiger partial charge in [0.05, 0.1) is 10.9 Å². The van der Waals surface area contributed by atoms with Crippen LogP contribution in [0, 0.1) is 0 Å². The molecule has 1 aromatic rings. The minimum atomic E-state index is -3.50. The molecule has 0 unspecified atom stereocenters. The van der Waals surface area contributed by atoms with E-state index in [1.165, 1.54) is 28.6 Å². The number of carboxylic acid groups (broad SMARTS) is 1. The number of ether oxygens (including phenoxy) is 1. The molecule has 0 saturated heterocycles. The number of hydrogen-bond donors (Lipinski definition) is 0. The Morgan fingerprint density at radius 1 is 1.21 bits per heavy atom. The molecular weight excluding hydrogens is 270 g/mol. The molecule has 7 heteroatoms. The highest BCUT2D eigenvalue weighted by Gasteiger charge is 2.21. The third kappa shape index (κ3) is 3.93. The number of aliphatic carboxylic acids is 1. The molecule has 0 spiro atoms. The Morgan fingerprint density at radius 3 is 2.16 bits per heavy atom. The molecule has 0 N–H and O–H groups in total. The van der Waals surface area contributed by atoms with E-state index in [4.69, 9.17) is 4.74 Å². The molecule has 19 heavy (non-hydrogen) atoms. The van der Waals surface area contributed by atoms with Crippen molar-refractivity contribution < 1.29 is 23.1 Å². The number of nitrogens with zero attached hydrogens (tertiary/aromatic N) is 1. The monoisotopic (exact) mass is 286 g/mol. The van der Waals surface area contributed by atoms with Crippen molar-refractivity contribution in [2.24, 2.45) is 0 Å². The third-order valence-corrected chi connectivity index (χ3v) is 4.59. The van der Waals surface area contributed by atoms with Crippen molar-refractivity contribution in [1.29, 1.82) is 0 Å². The van der Waals surface area contributed by atoms with Gasteiger partial charge in [-0.3, -0.25) is 0 Å². The predicted octanol–water partition coefficient (Wildman–Crippen LogP) is -0.154. The zero-order chi connectivity index (χ0) is 14.5. The van der Waals surface area contributed by atoms with E-state index in [-0.39, 0.29) is 10.6 Å². The molecule has 0 aliphatic rings. The molecule has 0 saturated carbocycles. The summed E-state index contributed by atoms with van der Waals surface area (Å²) in [5.41, 5.74) is 0. The molecule has 0 amide bonds. The van der Waals surface area contributed by atoms with Crippen molar-refractivity contribution >= 4 is 16.0 Å². The smallest absolute Gasteiger partial charge is 0.243 e. The first-order valence-corrected chi connectivity index (χ1v) is 7.28. The highest BCUT2D eigenvalue weighted by Crippen LogP contribution is 2.19. The van der Waals surface area contributed by atoms with E-state index in [0.717, 1.165) is 0 Å². The van der Waals surface area contributed by atoms with Crippen LogP contribution < -0.4 is 9.84 Å². The Bertz CT molecular complexity index is 520. The predicted molar refractivity (Wildman–Crippen MR) is 67.1 cm³/mol. The number of benzene rings is 1. The lowest BCUT2D eigenvalue weighted by Crippen LogP contribution is -2.30. The van der Waals surface area contributed by atoms with E-state index in [1.54, 1.807) is 13.8 Å². The Kier molecular flexibility index (Phi) is 5.31. The van der Waals surface area contributed by atoms with Crippen LogP contribution in [0.1, 0.15) is 13.8 Å². The van der Waals surface area contributed by atoms with Gasteiger partial charge in [0.1, 0.15) is 12.4 Å². The molecule has 0 atom stereocenters. The van der Waals surface area contributed by atoms with E-state index in [0.29, 0.717) is 13.1 Å². The normalized spacial score (nSPS) is 11.5. The first-order valence-electron chi connectivity index (χ1n) is 5.84. The Balaban J connectivity index is 2.89. The van der Waals surface area contributed by atoms with Gasteiger partial charge >= 0.3 is 0 Å². The minimum absolute atomic E-state index is 0.150. The van der Waals surface area contributed by atoms with Crippen LogP contribution in [0.15, 0.2) is 29.2 Å². The lowest BCUT2D eigenvalue weighted by atomic mass is 10.3. The van der Waals surface area contributed by atoms with Crippen LogP contribution >= 0.6 is 0 Å². The van der Waals surface area contributed by atoms with Gasteiger partial charge in [0.2, 0.25) is 10.0 Å². The maximum atomic E-state index is 12.2. The van der Waals surface area contributed by atoms with Gasteiger partial charge in [0, 0.05) is 13.1 Å². The lowest BCUT2D eigenvalue weighted by Gasteiger charge is -2.18. The molecule has 0 radical (unpaired) electrons. The summed E-state index contributed by atoms with van der Waals surface area (Å²) in [5.74, 6) is -1.05.